The first kappa shape index (κ1) is 14.7. The van der Waals surface area contributed by atoms with Crippen LogP contribution in [0.15, 0.2) is 42.5 Å². The van der Waals surface area contributed by atoms with Gasteiger partial charge in [-0.05, 0) is 35.4 Å². The Morgan fingerprint density at radius 2 is 1.57 bits per heavy atom. The van der Waals surface area contributed by atoms with Gasteiger partial charge >= 0.3 is 0 Å². The zero-order valence-corrected chi connectivity index (χ0v) is 13.2. The summed E-state index contributed by atoms with van der Waals surface area (Å²) in [5.74, 6) is -0.193. The van der Waals surface area contributed by atoms with E-state index in [-0.39, 0.29) is 17.7 Å². The number of hydrogen-bond acceptors (Lipinski definition) is 1. The number of nitrogens with one attached hydrogen (secondary N) is 1. The SMILES string of the molecule is O=C1NCC(c2ccc(Cl)cc2)C1c1ccc(Cl)c(Cl)c1. The molecule has 0 spiro atoms. The molecule has 1 N–H and O–H groups in total. The number of halogens is 3. The van der Waals surface area contributed by atoms with E-state index in [4.69, 9.17) is 34.8 Å². The van der Waals surface area contributed by atoms with Gasteiger partial charge in [0.2, 0.25) is 5.91 Å². The minimum absolute atomic E-state index is 0.00772. The van der Waals surface area contributed by atoms with Crippen LogP contribution in [0.4, 0.5) is 0 Å². The lowest BCUT2D eigenvalue weighted by molar-refractivity contribution is -0.120. The minimum Gasteiger partial charge on any atom is -0.355 e. The molecule has 1 amide bonds. The maximum absolute atomic E-state index is 12.2. The summed E-state index contributed by atoms with van der Waals surface area (Å²) < 4.78 is 0. The third-order valence-electron chi connectivity index (χ3n) is 3.78. The van der Waals surface area contributed by atoms with E-state index in [0.717, 1.165) is 11.1 Å². The molecule has 1 saturated heterocycles. The Morgan fingerprint density at radius 1 is 0.905 bits per heavy atom. The normalized spacial score (nSPS) is 21.4. The summed E-state index contributed by atoms with van der Waals surface area (Å²) in [4.78, 5) is 12.2. The van der Waals surface area contributed by atoms with Gasteiger partial charge in [0.05, 0.1) is 16.0 Å². The van der Waals surface area contributed by atoms with Crippen LogP contribution in [0.3, 0.4) is 0 Å². The minimum atomic E-state index is -0.263. The molecule has 1 aliphatic rings. The van der Waals surface area contributed by atoms with Crippen LogP contribution in [0, 0.1) is 0 Å². The van der Waals surface area contributed by atoms with E-state index in [1.165, 1.54) is 0 Å². The average Bonchev–Trinajstić information content (AvgIpc) is 2.85. The molecule has 2 aromatic carbocycles. The third-order valence-corrected chi connectivity index (χ3v) is 4.77. The zero-order valence-electron chi connectivity index (χ0n) is 10.9. The Labute approximate surface area is 138 Å². The fourth-order valence-corrected chi connectivity index (χ4v) is 3.16. The topological polar surface area (TPSA) is 29.1 Å². The van der Waals surface area contributed by atoms with E-state index in [2.05, 4.69) is 5.32 Å². The number of carbonyl (C=O) groups is 1. The highest BCUT2D eigenvalue weighted by Gasteiger charge is 2.36. The van der Waals surface area contributed by atoms with Crippen LogP contribution < -0.4 is 5.32 Å². The van der Waals surface area contributed by atoms with Crippen molar-refractivity contribution in [1.82, 2.24) is 5.32 Å². The second kappa shape index (κ2) is 5.88. The lowest BCUT2D eigenvalue weighted by Gasteiger charge is -2.18. The summed E-state index contributed by atoms with van der Waals surface area (Å²) in [5, 5.41) is 4.55. The van der Waals surface area contributed by atoms with Crippen LogP contribution in [0.1, 0.15) is 23.0 Å². The molecule has 2 atom stereocenters. The van der Waals surface area contributed by atoms with E-state index in [1.54, 1.807) is 12.1 Å². The Morgan fingerprint density at radius 3 is 2.24 bits per heavy atom. The number of rotatable bonds is 2. The number of amides is 1. The molecule has 0 radical (unpaired) electrons. The van der Waals surface area contributed by atoms with Crippen molar-refractivity contribution in [2.45, 2.75) is 11.8 Å². The van der Waals surface area contributed by atoms with Gasteiger partial charge in [0.1, 0.15) is 0 Å². The van der Waals surface area contributed by atoms with Crippen LogP contribution in [0.5, 0.6) is 0 Å². The van der Waals surface area contributed by atoms with Crippen molar-refractivity contribution >= 4 is 40.7 Å². The summed E-state index contributed by atoms with van der Waals surface area (Å²) in [5.41, 5.74) is 1.95. The highest BCUT2D eigenvalue weighted by atomic mass is 35.5. The van der Waals surface area contributed by atoms with Gasteiger partial charge in [-0.2, -0.15) is 0 Å². The molecule has 2 aromatic rings. The molecule has 0 aliphatic carbocycles. The van der Waals surface area contributed by atoms with Crippen molar-refractivity contribution in [3.8, 4) is 0 Å². The second-order valence-electron chi connectivity index (χ2n) is 5.05. The molecule has 21 heavy (non-hydrogen) atoms. The highest BCUT2D eigenvalue weighted by Crippen LogP contribution is 2.38. The Hall–Kier alpha value is -1.22. The summed E-state index contributed by atoms with van der Waals surface area (Å²) >= 11 is 17.9. The molecule has 2 unspecified atom stereocenters. The lowest BCUT2D eigenvalue weighted by Crippen LogP contribution is -2.18. The molecule has 0 bridgehead atoms. The second-order valence-corrected chi connectivity index (χ2v) is 6.31. The van der Waals surface area contributed by atoms with Crippen LogP contribution in [0.25, 0.3) is 0 Å². The molecular formula is C16H12Cl3NO. The number of carbonyl (C=O) groups excluding carboxylic acids is 1. The summed E-state index contributed by atoms with van der Waals surface area (Å²) in [6, 6.07) is 12.9. The summed E-state index contributed by atoms with van der Waals surface area (Å²) in [6.07, 6.45) is 0. The van der Waals surface area contributed by atoms with E-state index >= 15 is 0 Å². The maximum atomic E-state index is 12.2. The molecule has 108 valence electrons. The standard InChI is InChI=1S/C16H12Cl3NO/c17-11-4-1-9(2-5-11)12-8-20-16(21)15(12)10-3-6-13(18)14(19)7-10/h1-7,12,15H,8H2,(H,20,21). The molecule has 1 aliphatic heterocycles. The fraction of sp³-hybridized carbons (Fsp3) is 0.188. The largest absolute Gasteiger partial charge is 0.355 e. The average molecular weight is 341 g/mol. The molecule has 1 fully saturated rings. The first-order valence-electron chi connectivity index (χ1n) is 6.54. The van der Waals surface area contributed by atoms with Crippen molar-refractivity contribution < 1.29 is 4.79 Å². The smallest absolute Gasteiger partial charge is 0.228 e. The molecule has 2 nitrogen and oxygen atoms in total. The summed E-state index contributed by atoms with van der Waals surface area (Å²) in [7, 11) is 0. The van der Waals surface area contributed by atoms with Crippen LogP contribution >= 0.6 is 34.8 Å². The van der Waals surface area contributed by atoms with Gasteiger partial charge in [-0.1, -0.05) is 53.0 Å². The first-order chi connectivity index (χ1) is 10.1. The quantitative estimate of drug-likeness (QED) is 0.847. The number of hydrogen-bond donors (Lipinski definition) is 1. The van der Waals surface area contributed by atoms with Gasteiger partial charge in [-0.25, -0.2) is 0 Å². The van der Waals surface area contributed by atoms with Gasteiger partial charge in [-0.15, -0.1) is 0 Å². The lowest BCUT2D eigenvalue weighted by atomic mass is 9.84. The zero-order chi connectivity index (χ0) is 15.0. The highest BCUT2D eigenvalue weighted by molar-refractivity contribution is 6.42. The van der Waals surface area contributed by atoms with Crippen molar-refractivity contribution in [3.05, 3.63) is 68.7 Å². The van der Waals surface area contributed by atoms with Crippen LogP contribution in [0.2, 0.25) is 15.1 Å². The number of benzene rings is 2. The molecule has 0 saturated carbocycles. The predicted molar refractivity (Wildman–Crippen MR) is 86.4 cm³/mol. The van der Waals surface area contributed by atoms with Crippen LogP contribution in [-0.4, -0.2) is 12.5 Å². The van der Waals surface area contributed by atoms with Gasteiger partial charge in [0.15, 0.2) is 0 Å². The fourth-order valence-electron chi connectivity index (χ4n) is 2.73. The predicted octanol–water partition coefficient (Wildman–Crippen LogP) is 4.64. The van der Waals surface area contributed by atoms with Crippen molar-refractivity contribution in [1.29, 1.82) is 0 Å². The maximum Gasteiger partial charge on any atom is 0.228 e. The Kier molecular flexibility index (Phi) is 4.12. The first-order valence-corrected chi connectivity index (χ1v) is 7.68. The van der Waals surface area contributed by atoms with E-state index in [0.29, 0.717) is 21.6 Å². The molecule has 0 aromatic heterocycles. The van der Waals surface area contributed by atoms with Gasteiger partial charge in [0.25, 0.3) is 0 Å². The molecule has 3 rings (SSSR count). The van der Waals surface area contributed by atoms with Crippen molar-refractivity contribution in [2.24, 2.45) is 0 Å². The van der Waals surface area contributed by atoms with E-state index in [9.17, 15) is 4.79 Å². The Balaban J connectivity index is 1.99. The van der Waals surface area contributed by atoms with Gasteiger partial charge in [0, 0.05) is 17.5 Å². The van der Waals surface area contributed by atoms with E-state index in [1.807, 2.05) is 30.3 Å². The van der Waals surface area contributed by atoms with Crippen molar-refractivity contribution in [2.75, 3.05) is 6.54 Å². The van der Waals surface area contributed by atoms with Gasteiger partial charge in [-0.3, -0.25) is 4.79 Å². The molecular weight excluding hydrogens is 329 g/mol. The van der Waals surface area contributed by atoms with Crippen molar-refractivity contribution in [3.63, 3.8) is 0 Å². The Bertz CT molecular complexity index is 684. The van der Waals surface area contributed by atoms with E-state index < -0.39 is 0 Å². The monoisotopic (exact) mass is 339 g/mol. The third kappa shape index (κ3) is 2.89. The molecule has 5 heteroatoms. The van der Waals surface area contributed by atoms with Crippen LogP contribution in [-0.2, 0) is 4.79 Å². The van der Waals surface area contributed by atoms with Gasteiger partial charge < -0.3 is 5.32 Å². The molecule has 1 heterocycles. The summed E-state index contributed by atoms with van der Waals surface area (Å²) in [6.45, 7) is 0.603.